The van der Waals surface area contributed by atoms with Crippen LogP contribution >= 0.6 is 11.5 Å². The lowest BCUT2D eigenvalue weighted by Gasteiger charge is -2.05. The van der Waals surface area contributed by atoms with Gasteiger partial charge in [-0.25, -0.2) is 4.85 Å². The molecule has 1 aromatic heterocycles. The molecule has 17 heavy (non-hydrogen) atoms. The quantitative estimate of drug-likeness (QED) is 0.820. The Balaban J connectivity index is 2.32. The summed E-state index contributed by atoms with van der Waals surface area (Å²) in [6.45, 7) is 6.93. The molecule has 0 radical (unpaired) electrons. The Bertz CT molecular complexity index is 624. The summed E-state index contributed by atoms with van der Waals surface area (Å²) in [6.07, 6.45) is 0. The van der Waals surface area contributed by atoms with Gasteiger partial charge in [0.25, 0.3) is 11.2 Å². The summed E-state index contributed by atoms with van der Waals surface area (Å²) in [6, 6.07) is 7.27. The van der Waals surface area contributed by atoms with E-state index in [9.17, 15) is 4.79 Å². The Kier molecular flexibility index (Phi) is 3.12. The van der Waals surface area contributed by atoms with Crippen molar-refractivity contribution in [2.45, 2.75) is 0 Å². The van der Waals surface area contributed by atoms with E-state index < -0.39 is 0 Å². The first-order valence-corrected chi connectivity index (χ1v) is 5.56. The predicted molar refractivity (Wildman–Crippen MR) is 67.5 cm³/mol. The molecule has 0 aliphatic rings. The molecule has 1 aromatic carbocycles. The van der Waals surface area contributed by atoms with Gasteiger partial charge in [0.15, 0.2) is 0 Å². The predicted octanol–water partition coefficient (Wildman–Crippen LogP) is 2.74. The molecular weight excluding hydrogens is 238 g/mol. The molecule has 0 saturated carbocycles. The number of nitrogens with zero attached hydrogens (tertiary/aromatic N) is 1. The standard InChI is InChI=1S/C11H9N3O2S/c1-12-9-10(15)14-17-11(9)13-7-4-3-5-8(6-7)16-2/h3-6,13H,2H3,(H,14,15). The SMILES string of the molecule is [C-]#[N+]c1c(Nc2cccc(OC)c2)s[nH]c1=O. The highest BCUT2D eigenvalue weighted by atomic mass is 32.1. The first-order chi connectivity index (χ1) is 8.24. The van der Waals surface area contributed by atoms with E-state index in [0.717, 1.165) is 17.2 Å². The van der Waals surface area contributed by atoms with Crippen molar-refractivity contribution >= 4 is 27.9 Å². The fourth-order valence-electron chi connectivity index (χ4n) is 1.32. The smallest absolute Gasteiger partial charge is 0.285 e. The minimum atomic E-state index is -0.365. The van der Waals surface area contributed by atoms with Crippen molar-refractivity contribution in [3.63, 3.8) is 0 Å². The molecule has 0 aliphatic heterocycles. The van der Waals surface area contributed by atoms with Gasteiger partial charge in [0.2, 0.25) is 0 Å². The van der Waals surface area contributed by atoms with Crippen LogP contribution in [-0.2, 0) is 0 Å². The molecule has 0 bridgehead atoms. The molecule has 0 aliphatic carbocycles. The third-order valence-corrected chi connectivity index (χ3v) is 2.90. The van der Waals surface area contributed by atoms with Crippen LogP contribution in [0.4, 0.5) is 16.4 Å². The minimum Gasteiger partial charge on any atom is -0.497 e. The number of nitrogens with one attached hydrogen (secondary N) is 2. The zero-order valence-corrected chi connectivity index (χ0v) is 9.80. The van der Waals surface area contributed by atoms with E-state index in [-0.39, 0.29) is 11.2 Å². The number of hydrogen-bond donors (Lipinski definition) is 2. The van der Waals surface area contributed by atoms with Gasteiger partial charge < -0.3 is 10.1 Å². The molecule has 86 valence electrons. The van der Waals surface area contributed by atoms with Crippen molar-refractivity contribution in [1.29, 1.82) is 0 Å². The van der Waals surface area contributed by atoms with Crippen LogP contribution in [0.2, 0.25) is 0 Å². The maximum Gasteiger partial charge on any atom is 0.285 e. The van der Waals surface area contributed by atoms with E-state index in [1.54, 1.807) is 13.2 Å². The lowest BCUT2D eigenvalue weighted by molar-refractivity contribution is 0.415. The first-order valence-electron chi connectivity index (χ1n) is 4.74. The molecule has 0 amide bonds. The number of anilines is 2. The van der Waals surface area contributed by atoms with Crippen LogP contribution in [0.25, 0.3) is 4.85 Å². The van der Waals surface area contributed by atoms with Crippen LogP contribution in [0.3, 0.4) is 0 Å². The van der Waals surface area contributed by atoms with Crippen LogP contribution in [0.5, 0.6) is 5.75 Å². The number of benzene rings is 1. The molecule has 0 unspecified atom stereocenters. The topological polar surface area (TPSA) is 58.5 Å². The van der Waals surface area contributed by atoms with E-state index in [4.69, 9.17) is 11.3 Å². The molecule has 6 heteroatoms. The Morgan fingerprint density at radius 2 is 2.35 bits per heavy atom. The molecule has 2 N–H and O–H groups in total. The Hall–Kier alpha value is -2.26. The van der Waals surface area contributed by atoms with Gasteiger partial charge >= 0.3 is 0 Å². The zero-order valence-electron chi connectivity index (χ0n) is 8.98. The van der Waals surface area contributed by atoms with Crippen molar-refractivity contribution in [2.24, 2.45) is 0 Å². The van der Waals surface area contributed by atoms with Gasteiger partial charge in [0.05, 0.1) is 13.7 Å². The summed E-state index contributed by atoms with van der Waals surface area (Å²) >= 11 is 1.11. The van der Waals surface area contributed by atoms with E-state index in [0.29, 0.717) is 10.8 Å². The average molecular weight is 247 g/mol. The normalized spacial score (nSPS) is 9.65. The minimum absolute atomic E-state index is 0.0813. The van der Waals surface area contributed by atoms with Crippen LogP contribution < -0.4 is 15.6 Å². The second-order valence-corrected chi connectivity index (χ2v) is 4.00. The largest absolute Gasteiger partial charge is 0.497 e. The number of rotatable bonds is 3. The molecule has 1 heterocycles. The molecule has 0 saturated heterocycles. The Morgan fingerprint density at radius 1 is 1.53 bits per heavy atom. The molecule has 5 nitrogen and oxygen atoms in total. The van der Waals surface area contributed by atoms with E-state index in [1.807, 2.05) is 18.2 Å². The maximum absolute atomic E-state index is 11.3. The summed E-state index contributed by atoms with van der Waals surface area (Å²) in [4.78, 5) is 14.5. The number of H-pyrrole nitrogens is 1. The highest BCUT2D eigenvalue weighted by Crippen LogP contribution is 2.29. The Labute approximate surface area is 102 Å². The molecule has 0 spiro atoms. The van der Waals surface area contributed by atoms with Gasteiger partial charge in [0.1, 0.15) is 10.8 Å². The van der Waals surface area contributed by atoms with Crippen molar-refractivity contribution < 1.29 is 4.74 Å². The summed E-state index contributed by atoms with van der Waals surface area (Å²) in [5.74, 6) is 0.710. The van der Waals surface area contributed by atoms with Gasteiger partial charge in [-0.15, -0.1) is 0 Å². The van der Waals surface area contributed by atoms with Gasteiger partial charge in [0, 0.05) is 11.8 Å². The molecule has 0 fully saturated rings. The third-order valence-electron chi connectivity index (χ3n) is 2.12. The zero-order chi connectivity index (χ0) is 12.3. The number of aromatic amines is 1. The van der Waals surface area contributed by atoms with Crippen molar-refractivity contribution in [1.82, 2.24) is 4.37 Å². The highest BCUT2D eigenvalue weighted by molar-refractivity contribution is 7.11. The number of methoxy groups -OCH3 is 1. The fraction of sp³-hybridized carbons (Fsp3) is 0.0909. The second kappa shape index (κ2) is 4.72. The summed E-state index contributed by atoms with van der Waals surface area (Å²) in [5.41, 5.74) is 0.484. The fourth-order valence-corrected chi connectivity index (χ4v) is 2.01. The lowest BCUT2D eigenvalue weighted by atomic mass is 10.3. The summed E-state index contributed by atoms with van der Waals surface area (Å²) < 4.78 is 7.60. The number of aromatic nitrogens is 1. The first kappa shape index (κ1) is 11.2. The summed E-state index contributed by atoms with van der Waals surface area (Å²) in [5, 5.41) is 3.52. The van der Waals surface area contributed by atoms with Gasteiger partial charge in [-0.3, -0.25) is 9.17 Å². The molecule has 0 atom stereocenters. The third kappa shape index (κ3) is 2.29. The van der Waals surface area contributed by atoms with Crippen LogP contribution in [0.15, 0.2) is 29.1 Å². The van der Waals surface area contributed by atoms with Gasteiger partial charge in [-0.05, 0) is 12.1 Å². The van der Waals surface area contributed by atoms with E-state index in [1.165, 1.54) is 0 Å². The van der Waals surface area contributed by atoms with Gasteiger partial charge in [-0.1, -0.05) is 17.6 Å². The lowest BCUT2D eigenvalue weighted by Crippen LogP contribution is -1.96. The molecule has 2 aromatic rings. The summed E-state index contributed by atoms with van der Waals surface area (Å²) in [7, 11) is 1.58. The van der Waals surface area contributed by atoms with Crippen molar-refractivity contribution in [2.75, 3.05) is 12.4 Å². The second-order valence-electron chi connectivity index (χ2n) is 3.18. The van der Waals surface area contributed by atoms with Crippen molar-refractivity contribution in [3.05, 3.63) is 46.0 Å². The van der Waals surface area contributed by atoms with Crippen LogP contribution in [0, 0.1) is 6.57 Å². The molecule has 2 rings (SSSR count). The van der Waals surface area contributed by atoms with E-state index >= 15 is 0 Å². The molecular formula is C11H9N3O2S. The Morgan fingerprint density at radius 3 is 3.06 bits per heavy atom. The van der Waals surface area contributed by atoms with Crippen molar-refractivity contribution in [3.8, 4) is 5.75 Å². The highest BCUT2D eigenvalue weighted by Gasteiger charge is 2.10. The monoisotopic (exact) mass is 247 g/mol. The van der Waals surface area contributed by atoms with Crippen LogP contribution in [0.1, 0.15) is 0 Å². The van der Waals surface area contributed by atoms with Crippen LogP contribution in [-0.4, -0.2) is 11.5 Å². The number of hydrogen-bond acceptors (Lipinski definition) is 4. The van der Waals surface area contributed by atoms with Gasteiger partial charge in [-0.2, -0.15) is 0 Å². The van der Waals surface area contributed by atoms with E-state index in [2.05, 4.69) is 14.5 Å². The maximum atomic E-state index is 11.3. The number of ether oxygens (including phenoxy) is 1. The average Bonchev–Trinajstić information content (AvgIpc) is 2.70.